The van der Waals surface area contributed by atoms with Crippen molar-refractivity contribution in [2.75, 3.05) is 13.7 Å². The molecule has 1 fully saturated rings. The fourth-order valence-corrected chi connectivity index (χ4v) is 1.34. The van der Waals surface area contributed by atoms with Crippen LogP contribution in [0.3, 0.4) is 0 Å². The molecule has 0 aliphatic heterocycles. The maximum absolute atomic E-state index is 7.57. The third-order valence-corrected chi connectivity index (χ3v) is 1.94. The zero-order valence-corrected chi connectivity index (χ0v) is 11.1. The van der Waals surface area contributed by atoms with Gasteiger partial charge in [-0.3, -0.25) is 0 Å². The maximum Gasteiger partial charge on any atom is 0.0402 e. The van der Waals surface area contributed by atoms with E-state index in [0.717, 1.165) is 0 Å². The molecule has 0 saturated heterocycles. The average Bonchev–Trinajstić information content (AvgIpc) is 2.08. The third kappa shape index (κ3) is 8.70. The van der Waals surface area contributed by atoms with E-state index in [9.17, 15) is 0 Å². The van der Waals surface area contributed by atoms with Crippen molar-refractivity contribution in [2.24, 2.45) is 0 Å². The summed E-state index contributed by atoms with van der Waals surface area (Å²) in [6.07, 6.45) is 6.93. The molecule has 0 aromatic carbocycles. The molecule has 1 N–H and O–H groups in total. The normalized spacial score (nSPS) is 17.2. The van der Waals surface area contributed by atoms with Crippen molar-refractivity contribution >= 4 is 0 Å². The first kappa shape index (κ1) is 15.1. The number of rotatable bonds is 1. The van der Waals surface area contributed by atoms with Crippen LogP contribution in [0.5, 0.6) is 0 Å². The molecule has 1 saturated carbocycles. The Kier molecular flexibility index (Phi) is 14.6. The van der Waals surface area contributed by atoms with Crippen LogP contribution in [0.4, 0.5) is 0 Å². The second kappa shape index (κ2) is 11.6. The van der Waals surface area contributed by atoms with Gasteiger partial charge in [-0.15, -0.1) is 6.04 Å². The Labute approximate surface area is 90.4 Å². The third-order valence-electron chi connectivity index (χ3n) is 1.94. The number of hydrogen-bond donors (Lipinski definition) is 1. The summed E-state index contributed by atoms with van der Waals surface area (Å²) in [6.45, 7) is 1.93. The molecule has 74 valence electrons. The molecule has 1 aliphatic carbocycles. The van der Waals surface area contributed by atoms with E-state index in [-0.39, 0.29) is 27.7 Å². The van der Waals surface area contributed by atoms with Gasteiger partial charge in [-0.2, -0.15) is 7.05 Å². The van der Waals surface area contributed by atoms with Crippen molar-refractivity contribution < 1.29 is 26.2 Å². The fraction of sp³-hybridized carbons (Fsp3) is 1.00. The van der Waals surface area contributed by atoms with E-state index in [4.69, 9.17) is 5.11 Å². The van der Waals surface area contributed by atoms with Gasteiger partial charge in [0.1, 0.15) is 0 Å². The predicted molar refractivity (Wildman–Crippen MR) is 48.9 cm³/mol. The summed E-state index contributed by atoms with van der Waals surface area (Å²) in [4.78, 5) is 0. The smallest absolute Gasteiger partial charge is 0.0402 e. The molecule has 2 nitrogen and oxygen atoms in total. The summed E-state index contributed by atoms with van der Waals surface area (Å²) in [5.74, 6) is 0. The number of hydrogen-bond acceptors (Lipinski definition) is 1. The Balaban J connectivity index is 0. The average molecular weight is 342 g/mol. The quantitative estimate of drug-likeness (QED) is 0.780. The first-order chi connectivity index (χ1) is 5.35. The van der Waals surface area contributed by atoms with Gasteiger partial charge in [-0.25, -0.2) is 0 Å². The second-order valence-electron chi connectivity index (χ2n) is 2.87. The van der Waals surface area contributed by atoms with Gasteiger partial charge in [0.05, 0.1) is 0 Å². The monoisotopic (exact) mass is 342 g/mol. The summed E-state index contributed by atoms with van der Waals surface area (Å²) in [6, 6.07) is 0.712. The van der Waals surface area contributed by atoms with E-state index < -0.39 is 0 Å². The molecule has 1 rings (SSSR count). The minimum absolute atomic E-state index is 0. The van der Waals surface area contributed by atoms with Crippen molar-refractivity contribution in [3.05, 3.63) is 5.32 Å². The van der Waals surface area contributed by atoms with E-state index in [1.807, 2.05) is 7.05 Å². The fourth-order valence-electron chi connectivity index (χ4n) is 1.34. The van der Waals surface area contributed by atoms with E-state index in [1.165, 1.54) is 32.1 Å². The van der Waals surface area contributed by atoms with Gasteiger partial charge in [-0.05, 0) is 6.92 Å². The van der Waals surface area contributed by atoms with E-state index in [2.05, 4.69) is 5.32 Å². The van der Waals surface area contributed by atoms with Crippen LogP contribution in [0.15, 0.2) is 0 Å². The van der Waals surface area contributed by atoms with Crippen molar-refractivity contribution in [3.63, 3.8) is 0 Å². The molecular weight excluding hydrogens is 322 g/mol. The first-order valence-corrected chi connectivity index (χ1v) is 4.55. The molecule has 0 aromatic rings. The SMILES string of the molecule is CCO.C[N-]C1CCCCC1.[W]. The van der Waals surface area contributed by atoms with Crippen LogP contribution in [0.25, 0.3) is 5.32 Å². The van der Waals surface area contributed by atoms with Gasteiger partial charge in [0, 0.05) is 27.7 Å². The summed E-state index contributed by atoms with van der Waals surface area (Å²) >= 11 is 0. The minimum atomic E-state index is 0. The number of aliphatic hydroxyl groups excluding tert-OH is 1. The van der Waals surface area contributed by atoms with Crippen LogP contribution >= 0.6 is 0 Å². The van der Waals surface area contributed by atoms with Gasteiger partial charge >= 0.3 is 0 Å². The van der Waals surface area contributed by atoms with Crippen LogP contribution in [-0.2, 0) is 21.1 Å². The molecular formula is C9H20NOW-. The molecule has 1 aliphatic rings. The molecule has 0 atom stereocenters. The molecule has 0 spiro atoms. The van der Waals surface area contributed by atoms with Crippen LogP contribution in [-0.4, -0.2) is 24.8 Å². The zero-order chi connectivity index (χ0) is 8.53. The predicted octanol–water partition coefficient (Wildman–Crippen LogP) is 2.32. The molecule has 0 amide bonds. The Morgan fingerprint density at radius 3 is 1.92 bits per heavy atom. The number of nitrogens with zero attached hydrogens (tertiary/aromatic N) is 1. The summed E-state index contributed by atoms with van der Waals surface area (Å²) in [7, 11) is 1.94. The standard InChI is InChI=1S/C7H14N.C2H6O.W/c1-8-7-5-3-2-4-6-7;1-2-3;/h7H,2-6H2,1H3;3H,2H2,1H3;/q-1;;. The van der Waals surface area contributed by atoms with Crippen molar-refractivity contribution in [1.82, 2.24) is 0 Å². The van der Waals surface area contributed by atoms with Crippen molar-refractivity contribution in [3.8, 4) is 0 Å². The van der Waals surface area contributed by atoms with Crippen LogP contribution < -0.4 is 0 Å². The summed E-state index contributed by atoms with van der Waals surface area (Å²) in [5.41, 5.74) is 0. The van der Waals surface area contributed by atoms with Crippen LogP contribution in [0.2, 0.25) is 0 Å². The molecule has 0 aromatic heterocycles. The molecule has 0 heterocycles. The Bertz CT molecular complexity index is 74.9. The first-order valence-electron chi connectivity index (χ1n) is 4.55. The van der Waals surface area contributed by atoms with Gasteiger partial charge < -0.3 is 10.4 Å². The zero-order valence-electron chi connectivity index (χ0n) is 8.12. The van der Waals surface area contributed by atoms with Crippen molar-refractivity contribution in [1.29, 1.82) is 0 Å². The summed E-state index contributed by atoms with van der Waals surface area (Å²) < 4.78 is 0. The second-order valence-corrected chi connectivity index (χ2v) is 2.87. The molecule has 3 heteroatoms. The largest absolute Gasteiger partial charge is 0.662 e. The molecule has 0 radical (unpaired) electrons. The maximum atomic E-state index is 7.57. The van der Waals surface area contributed by atoms with Crippen molar-refractivity contribution in [2.45, 2.75) is 45.1 Å². The van der Waals surface area contributed by atoms with Crippen LogP contribution in [0, 0.1) is 0 Å². The van der Waals surface area contributed by atoms with E-state index >= 15 is 0 Å². The van der Waals surface area contributed by atoms with Gasteiger partial charge in [0.15, 0.2) is 0 Å². The summed E-state index contributed by atoms with van der Waals surface area (Å²) in [5, 5.41) is 11.8. The Morgan fingerprint density at radius 2 is 1.67 bits per heavy atom. The minimum Gasteiger partial charge on any atom is -0.662 e. The molecule has 12 heavy (non-hydrogen) atoms. The van der Waals surface area contributed by atoms with E-state index in [1.54, 1.807) is 6.92 Å². The number of aliphatic hydroxyl groups is 1. The molecule has 0 bridgehead atoms. The van der Waals surface area contributed by atoms with Crippen LogP contribution in [0.1, 0.15) is 39.0 Å². The molecule has 0 unspecified atom stereocenters. The Hall–Kier alpha value is 0.608. The van der Waals surface area contributed by atoms with Gasteiger partial charge in [0.25, 0.3) is 0 Å². The van der Waals surface area contributed by atoms with Gasteiger partial charge in [0.2, 0.25) is 0 Å². The topological polar surface area (TPSA) is 34.3 Å². The Morgan fingerprint density at radius 1 is 1.25 bits per heavy atom. The van der Waals surface area contributed by atoms with E-state index in [0.29, 0.717) is 6.04 Å². The van der Waals surface area contributed by atoms with Gasteiger partial charge in [-0.1, -0.05) is 32.1 Å².